The zero-order chi connectivity index (χ0) is 93.4. The van der Waals surface area contributed by atoms with Gasteiger partial charge in [-0.15, -0.1) is 0 Å². The highest BCUT2D eigenvalue weighted by molar-refractivity contribution is 9.10. The number of nitrogens with two attached hydrogens (primary N) is 1. The molecule has 4 saturated heterocycles. The van der Waals surface area contributed by atoms with Crippen LogP contribution in [0, 0.1) is 0 Å². The van der Waals surface area contributed by atoms with E-state index in [2.05, 4.69) is 188 Å². The number of halogens is 1. The third kappa shape index (κ3) is 25.7. The molecule has 4 aliphatic carbocycles. The van der Waals surface area contributed by atoms with Crippen LogP contribution in [0.15, 0.2) is 152 Å². The lowest BCUT2D eigenvalue weighted by molar-refractivity contribution is 0.0695. The number of aryl methyl sites for hydroxylation is 1. The molecule has 4 saturated carbocycles. The molecule has 718 valence electrons. The fourth-order valence-corrected chi connectivity index (χ4v) is 18.8. The number of anilines is 8. The van der Waals surface area contributed by atoms with Crippen molar-refractivity contribution < 1.29 is 57.3 Å². The van der Waals surface area contributed by atoms with E-state index >= 15 is 0 Å². The Kier molecular flexibility index (Phi) is 32.3. The number of aromatic nitrogens is 16. The number of rotatable bonds is 26. The molecule has 0 radical (unpaired) electrons. The van der Waals surface area contributed by atoms with E-state index < -0.39 is 11.9 Å². The Labute approximate surface area is 803 Å². The highest BCUT2D eigenvalue weighted by Gasteiger charge is 2.32. The lowest BCUT2D eigenvalue weighted by Gasteiger charge is -2.31. The molecule has 21 rings (SSSR count). The molecule has 8 aromatic heterocycles. The van der Waals surface area contributed by atoms with Gasteiger partial charge in [0.1, 0.15) is 45.1 Å². The Hall–Kier alpha value is -12.9. The van der Waals surface area contributed by atoms with E-state index in [0.29, 0.717) is 61.3 Å². The summed E-state index contributed by atoms with van der Waals surface area (Å²) in [4.78, 5) is 103. The van der Waals surface area contributed by atoms with Crippen LogP contribution in [0.2, 0.25) is 0 Å². The van der Waals surface area contributed by atoms with Crippen molar-refractivity contribution >= 4 is 124 Å². The molecule has 1 amide bonds. The Morgan fingerprint density at radius 2 is 0.708 bits per heavy atom. The Bertz CT molecular complexity index is 5820. The van der Waals surface area contributed by atoms with Crippen LogP contribution in [0.5, 0.6) is 23.0 Å². The van der Waals surface area contributed by atoms with Crippen LogP contribution < -0.4 is 65.5 Å². The maximum Gasteiger partial charge on any atom is 0.338 e. The fraction of sp³-hybridized carbons (Fsp3) is 0.475. The maximum absolute atomic E-state index is 11.2. The molecule has 7 N–H and O–H groups in total. The molecule has 0 bridgehead atoms. The normalized spacial score (nSPS) is 21.4. The zero-order valence-corrected chi connectivity index (χ0v) is 78.8. The number of amides is 1. The van der Waals surface area contributed by atoms with Crippen molar-refractivity contribution in [2.75, 3.05) is 159 Å². The number of nitrogens with zero attached hydrogens (tertiary/aromatic N) is 20. The van der Waals surface area contributed by atoms with Crippen LogP contribution in [0.3, 0.4) is 0 Å². The summed E-state index contributed by atoms with van der Waals surface area (Å²) in [7, 11) is 0. The van der Waals surface area contributed by atoms with E-state index in [1.54, 1.807) is 49.6 Å². The smallest absolute Gasteiger partial charge is 0.338 e. The van der Waals surface area contributed by atoms with Gasteiger partial charge in [0.05, 0.1) is 134 Å². The molecule has 12 aromatic rings. The number of primary amides is 1. The molecule has 9 aliphatic rings. The first kappa shape index (κ1) is 94.5. The lowest BCUT2D eigenvalue weighted by Crippen LogP contribution is -2.36. The predicted molar refractivity (Wildman–Crippen MR) is 525 cm³/mol. The first-order chi connectivity index (χ1) is 67.3. The minimum atomic E-state index is -1.03. The number of unbranched alkanes of at least 4 members (excludes halogenated alkanes) is 1. The van der Waals surface area contributed by atoms with Crippen molar-refractivity contribution in [1.82, 2.24) is 79.7 Å². The second kappa shape index (κ2) is 46.8. The number of aromatic carboxylic acids is 1. The summed E-state index contributed by atoms with van der Waals surface area (Å²) in [6.45, 7) is 16.4. The van der Waals surface area contributed by atoms with Crippen molar-refractivity contribution in [2.45, 2.75) is 184 Å². The van der Waals surface area contributed by atoms with E-state index in [4.69, 9.17) is 63.4 Å². The number of morpholine rings is 4. The number of carbonyl (C=O) groups is 2. The second-order valence-electron chi connectivity index (χ2n) is 35.6. The molecular formula is C99H118BrN25O12. The minimum Gasteiger partial charge on any atom is -0.488 e. The van der Waals surface area contributed by atoms with Gasteiger partial charge in [-0.25, -0.2) is 64.6 Å². The van der Waals surface area contributed by atoms with E-state index in [1.807, 2.05) is 18.6 Å². The Morgan fingerprint density at radius 1 is 0.387 bits per heavy atom. The number of ether oxygens (including phenoxy) is 9. The van der Waals surface area contributed by atoms with E-state index in [1.165, 1.54) is 30.4 Å². The topological polar surface area (TPSA) is 431 Å². The van der Waals surface area contributed by atoms with Crippen LogP contribution in [0.1, 0.15) is 161 Å². The number of nitrogens with one attached hydrogen (secondary N) is 4. The van der Waals surface area contributed by atoms with Crippen molar-refractivity contribution in [3.8, 4) is 23.0 Å². The van der Waals surface area contributed by atoms with Crippen LogP contribution >= 0.6 is 15.9 Å². The molecule has 137 heavy (non-hydrogen) atoms. The SMILES string of the molecule is C1=C(c2cnc(NC3CCC(Oc4cc(N5CCOCC5)cc5nccnc45)CC3)nc2)CCOC1.CCCCc1cnc2cc(N3CCOCC3)cc(OC3CCC(Nc4ncc(Br)cn4)CC3)c2n1.NC(=O)c1cnc(NC2CCC(Oc3cc(N4CCOCC4)cc4nccnc34)CC2)nc1.O=C(O)c1cnc(NC2CCC(Oc3cc(N4CCOCC4)cc4nccnc34)CC2)nc1. The Balaban J connectivity index is 0.000000122. The second-order valence-corrected chi connectivity index (χ2v) is 36.5. The van der Waals surface area contributed by atoms with Crippen molar-refractivity contribution in [2.24, 2.45) is 5.73 Å². The molecule has 37 nitrogen and oxygen atoms in total. The third-order valence-corrected chi connectivity index (χ3v) is 26.6. The quantitative estimate of drug-likeness (QED) is 0.0293. The highest BCUT2D eigenvalue weighted by Crippen LogP contribution is 2.40. The van der Waals surface area contributed by atoms with Gasteiger partial charge in [0.25, 0.3) is 5.91 Å². The molecule has 0 unspecified atom stereocenters. The molecular weight excluding hydrogens is 1810 g/mol. The summed E-state index contributed by atoms with van der Waals surface area (Å²) in [6.07, 6.45) is 47.0. The number of hydrogen-bond acceptors (Lipinski definition) is 35. The number of carbonyl (C=O) groups excluding carboxylic acids is 1. The summed E-state index contributed by atoms with van der Waals surface area (Å²) in [5.41, 5.74) is 20.1. The zero-order valence-electron chi connectivity index (χ0n) is 77.2. The van der Waals surface area contributed by atoms with Crippen LogP contribution in [0.4, 0.5) is 46.5 Å². The molecule has 0 atom stereocenters. The van der Waals surface area contributed by atoms with Crippen LogP contribution in [-0.2, 0) is 30.1 Å². The highest BCUT2D eigenvalue weighted by atomic mass is 79.9. The molecule has 5 aliphatic heterocycles. The number of carboxylic acid groups (broad SMARTS) is 1. The van der Waals surface area contributed by atoms with Gasteiger partial charge in [0.15, 0.2) is 0 Å². The van der Waals surface area contributed by atoms with Crippen molar-refractivity contribution in [3.63, 3.8) is 0 Å². The number of fused-ring (bicyclic) bond motifs is 4. The van der Waals surface area contributed by atoms with Gasteiger partial charge in [-0.3, -0.25) is 24.7 Å². The van der Waals surface area contributed by atoms with Gasteiger partial charge in [-0.1, -0.05) is 19.4 Å². The average molecular weight is 1930 g/mol. The summed E-state index contributed by atoms with van der Waals surface area (Å²) in [6, 6.07) is 18.0. The predicted octanol–water partition coefficient (Wildman–Crippen LogP) is 13.9. The van der Waals surface area contributed by atoms with Crippen molar-refractivity contribution in [1.29, 1.82) is 0 Å². The first-order valence-electron chi connectivity index (χ1n) is 48.1. The van der Waals surface area contributed by atoms with Gasteiger partial charge >= 0.3 is 5.97 Å². The van der Waals surface area contributed by atoms with E-state index in [0.717, 1.165) is 333 Å². The van der Waals surface area contributed by atoms with E-state index in [-0.39, 0.29) is 42.1 Å². The summed E-state index contributed by atoms with van der Waals surface area (Å²) >= 11 is 3.39. The van der Waals surface area contributed by atoms with Crippen LogP contribution in [0.25, 0.3) is 49.7 Å². The third-order valence-electron chi connectivity index (χ3n) is 26.2. The number of hydrogen-bond donors (Lipinski definition) is 6. The molecule has 38 heteroatoms. The lowest BCUT2D eigenvalue weighted by atomic mass is 9.93. The van der Waals surface area contributed by atoms with Gasteiger partial charge < -0.3 is 94.3 Å². The molecule has 4 aromatic carbocycles. The van der Waals surface area contributed by atoms with Crippen molar-refractivity contribution in [3.05, 3.63) is 174 Å². The largest absolute Gasteiger partial charge is 0.488 e. The van der Waals surface area contributed by atoms with E-state index in [9.17, 15) is 9.59 Å². The first-order valence-corrected chi connectivity index (χ1v) is 48.9. The molecule has 0 spiro atoms. The molecule has 8 fully saturated rings. The molecule has 13 heterocycles. The van der Waals surface area contributed by atoms with Gasteiger partial charge in [-0.05, 0) is 168 Å². The summed E-state index contributed by atoms with van der Waals surface area (Å²) in [5, 5.41) is 22.6. The number of carboxylic acids is 1. The van der Waals surface area contributed by atoms with Gasteiger partial charge in [0, 0.05) is 222 Å². The minimum absolute atomic E-state index is 0.0762. The Morgan fingerprint density at radius 3 is 1.04 bits per heavy atom. The summed E-state index contributed by atoms with van der Waals surface area (Å²) < 4.78 is 54.5. The standard InChI is InChI=1S/C27H32N6O3.C26H33BrN6O2.C23H27N7O3.C23H26N6O4/c1-3-23(4-2-21(1)32-27-30-17-20(18-31-27)19-5-11-34-12-6-19)36-25-16-22(33-9-13-35-14-10-33)15-24-26(25)29-8-7-28-24;1-2-3-4-20-17-28-23-13-21(33-9-11-34-12-10-33)14-24(25(23)31-20)35-22-7-5-19(6-8-22)32-26-29-15-18(27)16-30-26;24-22(31)15-13-27-23(28-14-15)29-16-1-3-18(4-2-16)33-20-12-17(30-7-9-32-10-8-30)11-19-21(20)26-6-5-25-19;30-22(31)15-13-26-23(27-14-15)28-16-1-3-18(4-2-16)33-20-12-17(29-7-9-32-10-8-29)11-19-21(20)25-6-5-24-19/h5,7-8,15-18,21,23H,1-4,6,9-14H2,(H,30,31,32);13-17,19,22H,2-12H2,1H3,(H,29,30,32);5-6,11-14,16,18H,1-4,7-10H2,(H2,24,31)(H,27,28,29);5-6,11-14,16,18H,1-4,7-10H2,(H,30,31)(H,26,27,28). The fourth-order valence-electron chi connectivity index (χ4n) is 18.6. The summed E-state index contributed by atoms with van der Waals surface area (Å²) in [5.74, 6) is 3.97. The maximum atomic E-state index is 11.2. The van der Waals surface area contributed by atoms with Crippen LogP contribution in [-0.4, -0.2) is 264 Å². The monoisotopic (exact) mass is 1930 g/mol. The van der Waals surface area contributed by atoms with Gasteiger partial charge in [-0.2, -0.15) is 0 Å². The number of benzene rings is 4. The van der Waals surface area contributed by atoms with Gasteiger partial charge in [0.2, 0.25) is 23.8 Å². The average Bonchev–Trinajstić information content (AvgIpc) is 0.782.